The Bertz CT molecular complexity index is 1110. The number of fused-ring (bicyclic) bond motifs is 1. The maximum absolute atomic E-state index is 12.9. The summed E-state index contributed by atoms with van der Waals surface area (Å²) in [5.41, 5.74) is 2.81. The lowest BCUT2D eigenvalue weighted by atomic mass is 10.0. The number of halogens is 1. The van der Waals surface area contributed by atoms with Crippen LogP contribution >= 0.6 is 23.4 Å². The fourth-order valence-electron chi connectivity index (χ4n) is 2.95. The van der Waals surface area contributed by atoms with Gasteiger partial charge < -0.3 is 5.11 Å². The SMILES string of the molecule is Cc1ccc(C)c(C(=O)CSc2nc3cc(Cl)ccc3c(=O)n2C[C@H](C)O)c1. The van der Waals surface area contributed by atoms with Crippen LogP contribution in [0.15, 0.2) is 46.3 Å². The first-order valence-electron chi connectivity index (χ1n) is 8.87. The van der Waals surface area contributed by atoms with E-state index in [2.05, 4.69) is 4.98 Å². The maximum atomic E-state index is 12.9. The summed E-state index contributed by atoms with van der Waals surface area (Å²) in [6.07, 6.45) is -0.724. The maximum Gasteiger partial charge on any atom is 0.262 e. The fourth-order valence-corrected chi connectivity index (χ4v) is 4.01. The lowest BCUT2D eigenvalue weighted by Crippen LogP contribution is -2.28. The Labute approximate surface area is 172 Å². The Morgan fingerprint density at radius 3 is 2.71 bits per heavy atom. The number of benzene rings is 2. The minimum absolute atomic E-state index is 0.0322. The Balaban J connectivity index is 1.98. The van der Waals surface area contributed by atoms with Crippen molar-refractivity contribution in [2.45, 2.75) is 38.6 Å². The van der Waals surface area contributed by atoms with Gasteiger partial charge in [0.25, 0.3) is 5.56 Å². The van der Waals surface area contributed by atoms with Crippen LogP contribution in [-0.2, 0) is 6.54 Å². The molecule has 0 saturated heterocycles. The van der Waals surface area contributed by atoms with Crippen LogP contribution in [0.2, 0.25) is 5.02 Å². The van der Waals surface area contributed by atoms with Gasteiger partial charge in [0.15, 0.2) is 10.9 Å². The Morgan fingerprint density at radius 2 is 2.00 bits per heavy atom. The number of aromatic nitrogens is 2. The second-order valence-corrected chi connectivity index (χ2v) is 8.23. The number of aliphatic hydroxyl groups excluding tert-OH is 1. The third-order valence-electron chi connectivity index (χ3n) is 4.35. The number of aliphatic hydroxyl groups is 1. The summed E-state index contributed by atoms with van der Waals surface area (Å²) in [7, 11) is 0. The molecule has 0 radical (unpaired) electrons. The largest absolute Gasteiger partial charge is 0.392 e. The third kappa shape index (κ3) is 4.46. The molecule has 3 rings (SSSR count). The molecule has 3 aromatic rings. The first-order valence-corrected chi connectivity index (χ1v) is 10.2. The van der Waals surface area contributed by atoms with E-state index in [-0.39, 0.29) is 23.6 Å². The van der Waals surface area contributed by atoms with E-state index in [1.807, 2.05) is 32.0 Å². The summed E-state index contributed by atoms with van der Waals surface area (Å²) in [5, 5.41) is 11.1. The Hall–Kier alpha value is -2.15. The summed E-state index contributed by atoms with van der Waals surface area (Å²) < 4.78 is 1.42. The van der Waals surface area contributed by atoms with E-state index < -0.39 is 6.10 Å². The van der Waals surface area contributed by atoms with Gasteiger partial charge in [-0.05, 0) is 50.6 Å². The number of Topliss-reactive ketones (excluding diaryl/α,β-unsaturated/α-hetero) is 1. The topological polar surface area (TPSA) is 72.2 Å². The van der Waals surface area contributed by atoms with Crippen LogP contribution in [-0.4, -0.2) is 32.3 Å². The number of carbonyl (C=O) groups excluding carboxylic acids is 1. The molecule has 0 spiro atoms. The molecule has 146 valence electrons. The minimum Gasteiger partial charge on any atom is -0.392 e. The third-order valence-corrected chi connectivity index (χ3v) is 5.57. The number of rotatable bonds is 6. The van der Waals surface area contributed by atoms with Crippen LogP contribution in [0.1, 0.15) is 28.4 Å². The smallest absolute Gasteiger partial charge is 0.262 e. The molecule has 1 aromatic heterocycles. The normalized spacial score (nSPS) is 12.3. The van der Waals surface area contributed by atoms with Crippen molar-refractivity contribution in [2.75, 3.05) is 5.75 Å². The van der Waals surface area contributed by atoms with Crippen LogP contribution in [0, 0.1) is 13.8 Å². The Morgan fingerprint density at radius 1 is 1.25 bits per heavy atom. The number of hydrogen-bond donors (Lipinski definition) is 1. The molecule has 0 aliphatic heterocycles. The summed E-state index contributed by atoms with van der Waals surface area (Å²) in [6, 6.07) is 10.6. The molecule has 5 nitrogen and oxygen atoms in total. The van der Waals surface area contributed by atoms with Crippen LogP contribution in [0.4, 0.5) is 0 Å². The zero-order chi connectivity index (χ0) is 20.4. The molecule has 1 N–H and O–H groups in total. The monoisotopic (exact) mass is 416 g/mol. The average molecular weight is 417 g/mol. The molecular weight excluding hydrogens is 396 g/mol. The van der Waals surface area contributed by atoms with Crippen molar-refractivity contribution < 1.29 is 9.90 Å². The molecule has 2 aromatic carbocycles. The second-order valence-electron chi connectivity index (χ2n) is 6.85. The molecule has 0 aliphatic carbocycles. The van der Waals surface area contributed by atoms with E-state index >= 15 is 0 Å². The van der Waals surface area contributed by atoms with Gasteiger partial charge in [-0.2, -0.15) is 0 Å². The molecule has 0 unspecified atom stereocenters. The van der Waals surface area contributed by atoms with Gasteiger partial charge in [-0.3, -0.25) is 14.2 Å². The van der Waals surface area contributed by atoms with Gasteiger partial charge in [0.2, 0.25) is 0 Å². The predicted molar refractivity (Wildman–Crippen MR) is 114 cm³/mol. The van der Waals surface area contributed by atoms with E-state index in [1.165, 1.54) is 16.3 Å². The highest BCUT2D eigenvalue weighted by atomic mass is 35.5. The van der Waals surface area contributed by atoms with E-state index in [4.69, 9.17) is 11.6 Å². The molecule has 0 amide bonds. The van der Waals surface area contributed by atoms with Crippen LogP contribution < -0.4 is 5.56 Å². The molecule has 7 heteroatoms. The number of hydrogen-bond acceptors (Lipinski definition) is 5. The minimum atomic E-state index is -0.724. The van der Waals surface area contributed by atoms with E-state index in [9.17, 15) is 14.7 Å². The van der Waals surface area contributed by atoms with Gasteiger partial charge in [-0.15, -0.1) is 0 Å². The van der Waals surface area contributed by atoms with E-state index in [1.54, 1.807) is 25.1 Å². The van der Waals surface area contributed by atoms with E-state index in [0.717, 1.165) is 11.1 Å². The predicted octanol–water partition coefficient (Wildman–Crippen LogP) is 4.02. The zero-order valence-corrected chi connectivity index (χ0v) is 17.5. The van der Waals surface area contributed by atoms with Gasteiger partial charge in [-0.1, -0.05) is 41.1 Å². The van der Waals surface area contributed by atoms with Gasteiger partial charge in [0.1, 0.15) is 0 Å². The highest BCUT2D eigenvalue weighted by Gasteiger charge is 2.16. The fraction of sp³-hybridized carbons (Fsp3) is 0.286. The Kier molecular flexibility index (Phi) is 6.23. The van der Waals surface area contributed by atoms with Crippen LogP contribution in [0.3, 0.4) is 0 Å². The average Bonchev–Trinajstić information content (AvgIpc) is 2.63. The van der Waals surface area contributed by atoms with Crippen molar-refractivity contribution in [3.63, 3.8) is 0 Å². The molecular formula is C21H21ClN2O3S. The molecule has 1 atom stereocenters. The summed E-state index contributed by atoms with van der Waals surface area (Å²) in [5.74, 6) is 0.109. The van der Waals surface area contributed by atoms with Crippen LogP contribution in [0.25, 0.3) is 10.9 Å². The van der Waals surface area contributed by atoms with Crippen molar-refractivity contribution in [1.29, 1.82) is 0 Å². The number of thioether (sulfide) groups is 1. The summed E-state index contributed by atoms with van der Waals surface area (Å²) in [4.78, 5) is 30.1. The van der Waals surface area contributed by atoms with Gasteiger partial charge in [0.05, 0.1) is 29.3 Å². The lowest BCUT2D eigenvalue weighted by Gasteiger charge is -2.14. The van der Waals surface area contributed by atoms with Gasteiger partial charge >= 0.3 is 0 Å². The lowest BCUT2D eigenvalue weighted by molar-refractivity contribution is 0.102. The quantitative estimate of drug-likeness (QED) is 0.373. The highest BCUT2D eigenvalue weighted by Crippen LogP contribution is 2.22. The number of nitrogens with zero attached hydrogens (tertiary/aromatic N) is 2. The molecule has 0 fully saturated rings. The van der Waals surface area contributed by atoms with Crippen molar-refractivity contribution in [3.8, 4) is 0 Å². The molecule has 0 aliphatic rings. The molecule has 0 bridgehead atoms. The van der Waals surface area contributed by atoms with Crippen molar-refractivity contribution in [3.05, 3.63) is 68.5 Å². The number of carbonyl (C=O) groups is 1. The number of aryl methyl sites for hydroxylation is 2. The summed E-state index contributed by atoms with van der Waals surface area (Å²) in [6.45, 7) is 5.55. The first-order chi connectivity index (χ1) is 13.3. The molecule has 28 heavy (non-hydrogen) atoms. The first kappa shape index (κ1) is 20.6. The zero-order valence-electron chi connectivity index (χ0n) is 15.9. The van der Waals surface area contributed by atoms with Gasteiger partial charge in [0, 0.05) is 10.6 Å². The standard InChI is InChI=1S/C21H21ClN2O3S/c1-12-4-5-13(2)17(8-12)19(26)11-28-21-23-18-9-15(22)6-7-16(18)20(27)24(21)10-14(3)25/h4-9,14,25H,10-11H2,1-3H3/t14-/m0/s1. The molecule has 0 saturated carbocycles. The van der Waals surface area contributed by atoms with Crippen LogP contribution in [0.5, 0.6) is 0 Å². The van der Waals surface area contributed by atoms with Crippen molar-refractivity contribution >= 4 is 40.0 Å². The highest BCUT2D eigenvalue weighted by molar-refractivity contribution is 7.99. The van der Waals surface area contributed by atoms with E-state index in [0.29, 0.717) is 26.6 Å². The second kappa shape index (κ2) is 8.47. The van der Waals surface area contributed by atoms with Crippen molar-refractivity contribution in [2.24, 2.45) is 0 Å². The van der Waals surface area contributed by atoms with Crippen molar-refractivity contribution in [1.82, 2.24) is 9.55 Å². The van der Waals surface area contributed by atoms with Gasteiger partial charge in [-0.25, -0.2) is 4.98 Å². The summed E-state index contributed by atoms with van der Waals surface area (Å²) >= 11 is 7.23. The number of ketones is 1. The molecule has 1 heterocycles.